The van der Waals surface area contributed by atoms with Crippen molar-refractivity contribution in [1.29, 1.82) is 0 Å². The molecule has 0 aromatic carbocycles. The lowest BCUT2D eigenvalue weighted by Crippen LogP contribution is -2.23. The van der Waals surface area contributed by atoms with E-state index in [0.717, 1.165) is 6.54 Å². The molecule has 64 valence electrons. The van der Waals surface area contributed by atoms with Crippen molar-refractivity contribution in [2.75, 3.05) is 0 Å². The van der Waals surface area contributed by atoms with Gasteiger partial charge in [0.25, 0.3) is 0 Å². The molecule has 0 radical (unpaired) electrons. The number of nitrogens with zero attached hydrogens (tertiary/aromatic N) is 1. The number of aromatic nitrogens is 1. The average molecular weight is 162 g/mol. The Labute approximate surface area is 73.6 Å². The molecule has 12 heavy (non-hydrogen) atoms. The van der Waals surface area contributed by atoms with Gasteiger partial charge in [0.05, 0.1) is 6.04 Å². The van der Waals surface area contributed by atoms with Gasteiger partial charge in [0.15, 0.2) is 0 Å². The highest BCUT2D eigenvalue weighted by Gasteiger charge is 1.96. The maximum absolute atomic E-state index is 5.22. The lowest BCUT2D eigenvalue weighted by Gasteiger charge is -2.04. The number of rotatable bonds is 3. The summed E-state index contributed by atoms with van der Waals surface area (Å²) >= 11 is 0. The van der Waals surface area contributed by atoms with E-state index in [-0.39, 0.29) is 6.04 Å². The summed E-state index contributed by atoms with van der Waals surface area (Å²) in [5.74, 6) is 2.62. The van der Waals surface area contributed by atoms with Crippen LogP contribution >= 0.6 is 0 Å². The van der Waals surface area contributed by atoms with Crippen molar-refractivity contribution >= 4 is 0 Å². The first-order chi connectivity index (χ1) is 5.72. The van der Waals surface area contributed by atoms with Gasteiger partial charge in [0, 0.05) is 26.0 Å². The van der Waals surface area contributed by atoms with Crippen molar-refractivity contribution in [3.05, 3.63) is 24.0 Å². The number of hydrogen-bond donors (Lipinski definition) is 1. The van der Waals surface area contributed by atoms with Crippen LogP contribution in [0.1, 0.15) is 12.5 Å². The van der Waals surface area contributed by atoms with Crippen LogP contribution in [0.5, 0.6) is 0 Å². The summed E-state index contributed by atoms with van der Waals surface area (Å²) in [5.41, 5.74) is 1.26. The smallest absolute Gasteiger partial charge is 0.0660 e. The van der Waals surface area contributed by atoms with Gasteiger partial charge in [-0.25, -0.2) is 0 Å². The van der Waals surface area contributed by atoms with E-state index in [4.69, 9.17) is 6.42 Å². The highest BCUT2D eigenvalue weighted by molar-refractivity contribution is 5.10. The second kappa shape index (κ2) is 3.99. The molecule has 1 aromatic heterocycles. The fourth-order valence-electron chi connectivity index (χ4n) is 0.995. The second-order valence-corrected chi connectivity index (χ2v) is 2.95. The Balaban J connectivity index is 2.39. The lowest BCUT2D eigenvalue weighted by molar-refractivity contribution is 0.647. The molecule has 0 aliphatic carbocycles. The van der Waals surface area contributed by atoms with Gasteiger partial charge in [-0.15, -0.1) is 6.42 Å². The zero-order valence-corrected chi connectivity index (χ0v) is 7.54. The van der Waals surface area contributed by atoms with Gasteiger partial charge >= 0.3 is 0 Å². The zero-order chi connectivity index (χ0) is 8.97. The Hall–Kier alpha value is -1.20. The molecule has 0 spiro atoms. The Morgan fingerprint density at radius 1 is 1.75 bits per heavy atom. The molecule has 2 nitrogen and oxygen atoms in total. The van der Waals surface area contributed by atoms with Crippen LogP contribution in [0.4, 0.5) is 0 Å². The third-order valence-corrected chi connectivity index (χ3v) is 1.76. The monoisotopic (exact) mass is 162 g/mol. The van der Waals surface area contributed by atoms with Crippen LogP contribution in [0.3, 0.4) is 0 Å². The quantitative estimate of drug-likeness (QED) is 0.659. The van der Waals surface area contributed by atoms with Crippen LogP contribution in [0.15, 0.2) is 18.5 Å². The first kappa shape index (κ1) is 8.89. The van der Waals surface area contributed by atoms with Crippen LogP contribution in [-0.4, -0.2) is 10.6 Å². The van der Waals surface area contributed by atoms with E-state index in [1.54, 1.807) is 0 Å². The van der Waals surface area contributed by atoms with E-state index in [1.165, 1.54) is 5.56 Å². The third-order valence-electron chi connectivity index (χ3n) is 1.76. The minimum absolute atomic E-state index is 0.144. The first-order valence-corrected chi connectivity index (χ1v) is 4.02. The SMILES string of the molecule is C#CC(C)NCc1ccn(C)c1. The summed E-state index contributed by atoms with van der Waals surface area (Å²) in [5, 5.41) is 3.21. The van der Waals surface area contributed by atoms with E-state index >= 15 is 0 Å². The molecule has 2 heteroatoms. The Bertz CT molecular complexity index is 280. The second-order valence-electron chi connectivity index (χ2n) is 2.95. The van der Waals surface area contributed by atoms with Gasteiger partial charge in [-0.3, -0.25) is 5.32 Å². The van der Waals surface area contributed by atoms with Crippen molar-refractivity contribution in [3.63, 3.8) is 0 Å². The van der Waals surface area contributed by atoms with Crippen molar-refractivity contribution in [2.24, 2.45) is 7.05 Å². The van der Waals surface area contributed by atoms with Crippen LogP contribution in [-0.2, 0) is 13.6 Å². The molecule has 1 N–H and O–H groups in total. The van der Waals surface area contributed by atoms with Crippen LogP contribution in [0, 0.1) is 12.3 Å². The molecule has 1 heterocycles. The van der Waals surface area contributed by atoms with Crippen molar-refractivity contribution < 1.29 is 0 Å². The largest absolute Gasteiger partial charge is 0.357 e. The number of aryl methyl sites for hydroxylation is 1. The van der Waals surface area contributed by atoms with E-state index in [0.29, 0.717) is 0 Å². The minimum Gasteiger partial charge on any atom is -0.357 e. The first-order valence-electron chi connectivity index (χ1n) is 4.02. The molecular weight excluding hydrogens is 148 g/mol. The predicted octanol–water partition coefficient (Wildman–Crippen LogP) is 1.14. The molecule has 0 aliphatic rings. The van der Waals surface area contributed by atoms with Crippen LogP contribution in [0.25, 0.3) is 0 Å². The topological polar surface area (TPSA) is 17.0 Å². The van der Waals surface area contributed by atoms with Gasteiger partial charge in [0.1, 0.15) is 0 Å². The normalized spacial score (nSPS) is 12.4. The Kier molecular flexibility index (Phi) is 2.95. The van der Waals surface area contributed by atoms with Gasteiger partial charge < -0.3 is 4.57 Å². The van der Waals surface area contributed by atoms with Gasteiger partial charge in [-0.2, -0.15) is 0 Å². The zero-order valence-electron chi connectivity index (χ0n) is 7.54. The van der Waals surface area contributed by atoms with Crippen molar-refractivity contribution in [2.45, 2.75) is 19.5 Å². The van der Waals surface area contributed by atoms with E-state index in [2.05, 4.69) is 23.5 Å². The molecule has 0 fully saturated rings. The van der Waals surface area contributed by atoms with E-state index in [9.17, 15) is 0 Å². The summed E-state index contributed by atoms with van der Waals surface area (Å²) < 4.78 is 2.03. The van der Waals surface area contributed by atoms with Crippen molar-refractivity contribution in [3.8, 4) is 12.3 Å². The molecule has 0 saturated heterocycles. The maximum atomic E-state index is 5.22. The number of hydrogen-bond acceptors (Lipinski definition) is 1. The summed E-state index contributed by atoms with van der Waals surface area (Å²) in [6.45, 7) is 2.81. The van der Waals surface area contributed by atoms with Gasteiger partial charge in [-0.1, -0.05) is 5.92 Å². The molecule has 1 rings (SSSR count). The molecule has 0 saturated carbocycles. The highest BCUT2D eigenvalue weighted by atomic mass is 14.9. The predicted molar refractivity (Wildman–Crippen MR) is 50.5 cm³/mol. The van der Waals surface area contributed by atoms with E-state index < -0.39 is 0 Å². The molecule has 0 bridgehead atoms. The fourth-order valence-corrected chi connectivity index (χ4v) is 0.995. The number of nitrogens with one attached hydrogen (secondary N) is 1. The third kappa shape index (κ3) is 2.44. The molecule has 1 atom stereocenters. The Morgan fingerprint density at radius 3 is 3.00 bits per heavy atom. The number of terminal acetylenes is 1. The molecule has 1 aromatic rings. The lowest BCUT2D eigenvalue weighted by atomic mass is 10.3. The summed E-state index contributed by atoms with van der Waals surface area (Å²) in [6, 6.07) is 2.22. The maximum Gasteiger partial charge on any atom is 0.0660 e. The van der Waals surface area contributed by atoms with Gasteiger partial charge in [-0.05, 0) is 18.6 Å². The molecule has 1 unspecified atom stereocenters. The van der Waals surface area contributed by atoms with E-state index in [1.807, 2.05) is 24.7 Å². The summed E-state index contributed by atoms with van der Waals surface area (Å²) in [4.78, 5) is 0. The molecule has 0 aliphatic heterocycles. The standard InChI is InChI=1S/C10H14N2/c1-4-9(2)11-7-10-5-6-12(3)8-10/h1,5-6,8-9,11H,7H2,2-3H3. The van der Waals surface area contributed by atoms with Crippen LogP contribution in [0.2, 0.25) is 0 Å². The van der Waals surface area contributed by atoms with Crippen LogP contribution < -0.4 is 5.32 Å². The van der Waals surface area contributed by atoms with Gasteiger partial charge in [0.2, 0.25) is 0 Å². The summed E-state index contributed by atoms with van der Waals surface area (Å²) in [6.07, 6.45) is 9.33. The average Bonchev–Trinajstić information content (AvgIpc) is 2.47. The highest BCUT2D eigenvalue weighted by Crippen LogP contribution is 1.98. The molecular formula is C10H14N2. The Morgan fingerprint density at radius 2 is 2.50 bits per heavy atom. The molecule has 0 amide bonds. The summed E-state index contributed by atoms with van der Waals surface area (Å²) in [7, 11) is 2.01. The van der Waals surface area contributed by atoms with Crippen molar-refractivity contribution in [1.82, 2.24) is 9.88 Å². The fraction of sp³-hybridized carbons (Fsp3) is 0.400. The minimum atomic E-state index is 0.144.